The normalized spacial score (nSPS) is 10.3. The Morgan fingerprint density at radius 3 is 2.15 bits per heavy atom. The van der Waals surface area contributed by atoms with Crippen LogP contribution in [0.1, 0.15) is 34.6 Å². The first-order valence-electron chi connectivity index (χ1n) is 7.92. The van der Waals surface area contributed by atoms with E-state index in [0.717, 1.165) is 0 Å². The van der Waals surface area contributed by atoms with Crippen LogP contribution in [0.25, 0.3) is 0 Å². The molecule has 2 amide bonds. The number of carbonyl (C=O) groups excluding carboxylic acids is 3. The number of benzene rings is 2. The Kier molecular flexibility index (Phi) is 6.36. The Morgan fingerprint density at radius 2 is 1.58 bits per heavy atom. The summed E-state index contributed by atoms with van der Waals surface area (Å²) in [4.78, 5) is 35.7. The van der Waals surface area contributed by atoms with Gasteiger partial charge in [0.25, 0.3) is 5.91 Å². The number of anilines is 2. The van der Waals surface area contributed by atoms with E-state index in [9.17, 15) is 14.4 Å². The van der Waals surface area contributed by atoms with Gasteiger partial charge in [0, 0.05) is 17.2 Å². The van der Waals surface area contributed by atoms with Crippen LogP contribution < -0.4 is 10.6 Å². The lowest BCUT2D eigenvalue weighted by molar-refractivity contribution is -0.118. The molecule has 0 fully saturated rings. The average Bonchev–Trinajstić information content (AvgIpc) is 2.63. The van der Waals surface area contributed by atoms with Crippen LogP contribution in [0, 0.1) is 5.92 Å². The van der Waals surface area contributed by atoms with Crippen molar-refractivity contribution in [2.45, 2.75) is 13.8 Å². The molecule has 0 saturated heterocycles. The van der Waals surface area contributed by atoms with Gasteiger partial charge in [0.05, 0.1) is 23.4 Å². The minimum atomic E-state index is -0.526. The highest BCUT2D eigenvalue weighted by Crippen LogP contribution is 2.24. The number of hydrogen-bond donors (Lipinski definition) is 2. The van der Waals surface area contributed by atoms with E-state index in [0.29, 0.717) is 22.0 Å². The highest BCUT2D eigenvalue weighted by Gasteiger charge is 2.13. The first-order chi connectivity index (χ1) is 12.3. The van der Waals surface area contributed by atoms with Crippen LogP contribution in [0.4, 0.5) is 11.4 Å². The molecule has 136 valence electrons. The number of nitrogens with one attached hydrogen (secondary N) is 2. The Bertz CT molecular complexity index is 832. The number of rotatable bonds is 5. The third-order valence-electron chi connectivity index (χ3n) is 3.57. The van der Waals surface area contributed by atoms with E-state index in [1.54, 1.807) is 38.1 Å². The molecule has 0 aliphatic heterocycles. The molecule has 0 heterocycles. The zero-order valence-electron chi connectivity index (χ0n) is 14.6. The van der Waals surface area contributed by atoms with Crippen LogP contribution in [0.15, 0.2) is 42.5 Å². The molecular formula is C19H19ClN2O4. The van der Waals surface area contributed by atoms with Gasteiger partial charge in [-0.25, -0.2) is 4.79 Å². The molecule has 0 atom stereocenters. The first kappa shape index (κ1) is 19.5. The molecule has 2 N–H and O–H groups in total. The van der Waals surface area contributed by atoms with E-state index in [2.05, 4.69) is 15.4 Å². The molecule has 7 heteroatoms. The molecule has 2 rings (SSSR count). The van der Waals surface area contributed by atoms with Crippen LogP contribution in [0.3, 0.4) is 0 Å². The maximum Gasteiger partial charge on any atom is 0.337 e. The highest BCUT2D eigenvalue weighted by atomic mass is 35.5. The lowest BCUT2D eigenvalue weighted by Gasteiger charge is -2.10. The summed E-state index contributed by atoms with van der Waals surface area (Å²) in [6, 6.07) is 10.9. The molecule has 0 bridgehead atoms. The smallest absolute Gasteiger partial charge is 0.337 e. The number of halogens is 1. The van der Waals surface area contributed by atoms with Gasteiger partial charge in [0.1, 0.15) is 0 Å². The summed E-state index contributed by atoms with van der Waals surface area (Å²) in [6.45, 7) is 3.59. The average molecular weight is 375 g/mol. The molecule has 0 radical (unpaired) electrons. The third-order valence-corrected chi connectivity index (χ3v) is 3.90. The molecule has 26 heavy (non-hydrogen) atoms. The van der Waals surface area contributed by atoms with Crippen molar-refractivity contribution in [2.24, 2.45) is 5.92 Å². The largest absolute Gasteiger partial charge is 0.465 e. The van der Waals surface area contributed by atoms with Gasteiger partial charge in [0.15, 0.2) is 0 Å². The fourth-order valence-electron chi connectivity index (χ4n) is 2.05. The summed E-state index contributed by atoms with van der Waals surface area (Å²) in [5, 5.41) is 5.71. The Balaban J connectivity index is 2.13. The zero-order chi connectivity index (χ0) is 19.3. The second-order valence-corrected chi connectivity index (χ2v) is 6.27. The number of ether oxygens (including phenoxy) is 1. The lowest BCUT2D eigenvalue weighted by atomic mass is 10.1. The first-order valence-corrected chi connectivity index (χ1v) is 8.29. The van der Waals surface area contributed by atoms with Gasteiger partial charge in [-0.3, -0.25) is 9.59 Å². The monoisotopic (exact) mass is 374 g/mol. The number of methoxy groups -OCH3 is 1. The number of esters is 1. The summed E-state index contributed by atoms with van der Waals surface area (Å²) < 4.78 is 4.65. The van der Waals surface area contributed by atoms with E-state index in [1.807, 2.05) is 0 Å². The summed E-state index contributed by atoms with van der Waals surface area (Å²) in [7, 11) is 1.27. The van der Waals surface area contributed by atoms with Gasteiger partial charge in [0.2, 0.25) is 5.91 Å². The van der Waals surface area contributed by atoms with Gasteiger partial charge in [-0.05, 0) is 42.5 Å². The minimum Gasteiger partial charge on any atom is -0.465 e. The molecule has 0 spiro atoms. The lowest BCUT2D eigenvalue weighted by Crippen LogP contribution is -2.18. The summed E-state index contributed by atoms with van der Waals surface area (Å²) in [5.41, 5.74) is 1.56. The molecule has 0 unspecified atom stereocenters. The van der Waals surface area contributed by atoms with Gasteiger partial charge in [-0.2, -0.15) is 0 Å². The summed E-state index contributed by atoms with van der Waals surface area (Å²) in [6.07, 6.45) is 0. The van der Waals surface area contributed by atoms with Crippen molar-refractivity contribution in [2.75, 3.05) is 17.7 Å². The van der Waals surface area contributed by atoms with Gasteiger partial charge < -0.3 is 15.4 Å². The van der Waals surface area contributed by atoms with Crippen molar-refractivity contribution in [1.82, 2.24) is 0 Å². The quantitative estimate of drug-likeness (QED) is 0.775. The predicted molar refractivity (Wildman–Crippen MR) is 101 cm³/mol. The molecule has 0 aliphatic rings. The minimum absolute atomic E-state index is 0.103. The van der Waals surface area contributed by atoms with E-state index in [-0.39, 0.29) is 17.4 Å². The van der Waals surface area contributed by atoms with Crippen LogP contribution in [-0.4, -0.2) is 24.9 Å². The van der Waals surface area contributed by atoms with Gasteiger partial charge in [-0.15, -0.1) is 0 Å². The van der Waals surface area contributed by atoms with Crippen LogP contribution in [-0.2, 0) is 9.53 Å². The maximum absolute atomic E-state index is 12.4. The Labute approximate surface area is 156 Å². The number of amides is 2. The van der Waals surface area contributed by atoms with Crippen molar-refractivity contribution in [3.63, 3.8) is 0 Å². The topological polar surface area (TPSA) is 84.5 Å². The van der Waals surface area contributed by atoms with Crippen molar-refractivity contribution >= 4 is 40.8 Å². The Hall–Kier alpha value is -2.86. The maximum atomic E-state index is 12.4. The number of hydrogen-bond acceptors (Lipinski definition) is 4. The summed E-state index contributed by atoms with van der Waals surface area (Å²) in [5.74, 6) is -1.16. The van der Waals surface area contributed by atoms with Crippen molar-refractivity contribution in [3.05, 3.63) is 58.6 Å². The standard InChI is InChI=1S/C19H19ClN2O4/c1-11(2)17(23)21-14-7-4-12(5-8-14)18(24)22-16-10-13(19(25)26-3)6-9-15(16)20/h4-11H,1-3H3,(H,21,23)(H,22,24). The number of carbonyl (C=O) groups is 3. The van der Waals surface area contributed by atoms with Crippen LogP contribution in [0.5, 0.6) is 0 Å². The van der Waals surface area contributed by atoms with Crippen LogP contribution in [0.2, 0.25) is 5.02 Å². The molecule has 0 aromatic heterocycles. The van der Waals surface area contributed by atoms with E-state index < -0.39 is 11.9 Å². The molecule has 2 aromatic rings. The Morgan fingerprint density at radius 1 is 0.962 bits per heavy atom. The van der Waals surface area contributed by atoms with Crippen molar-refractivity contribution < 1.29 is 19.1 Å². The third kappa shape index (κ3) is 4.83. The molecular weight excluding hydrogens is 356 g/mol. The predicted octanol–water partition coefficient (Wildman–Crippen LogP) is 3.97. The molecule has 0 aliphatic carbocycles. The zero-order valence-corrected chi connectivity index (χ0v) is 15.4. The SMILES string of the molecule is COC(=O)c1ccc(Cl)c(NC(=O)c2ccc(NC(=O)C(C)C)cc2)c1. The fraction of sp³-hybridized carbons (Fsp3) is 0.211. The molecule has 0 saturated carbocycles. The second kappa shape index (κ2) is 8.49. The molecule has 6 nitrogen and oxygen atoms in total. The fourth-order valence-corrected chi connectivity index (χ4v) is 2.22. The summed E-state index contributed by atoms with van der Waals surface area (Å²) >= 11 is 6.07. The van der Waals surface area contributed by atoms with Gasteiger partial charge >= 0.3 is 5.97 Å². The molecule has 2 aromatic carbocycles. The van der Waals surface area contributed by atoms with Crippen molar-refractivity contribution in [3.8, 4) is 0 Å². The highest BCUT2D eigenvalue weighted by molar-refractivity contribution is 6.34. The second-order valence-electron chi connectivity index (χ2n) is 5.86. The van der Waals surface area contributed by atoms with Crippen molar-refractivity contribution in [1.29, 1.82) is 0 Å². The van der Waals surface area contributed by atoms with Gasteiger partial charge in [-0.1, -0.05) is 25.4 Å². The van der Waals surface area contributed by atoms with E-state index in [4.69, 9.17) is 11.6 Å². The van der Waals surface area contributed by atoms with E-state index >= 15 is 0 Å². The van der Waals surface area contributed by atoms with E-state index in [1.165, 1.54) is 25.3 Å². The van der Waals surface area contributed by atoms with Crippen LogP contribution >= 0.6 is 11.6 Å².